The number of amides is 1. The van der Waals surface area contributed by atoms with Gasteiger partial charge in [-0.3, -0.25) is 18.8 Å². The van der Waals surface area contributed by atoms with Gasteiger partial charge in [-0.25, -0.2) is 4.57 Å². The van der Waals surface area contributed by atoms with E-state index < -0.39 is 19.7 Å². The summed E-state index contributed by atoms with van der Waals surface area (Å²) in [5, 5.41) is 20.7. The maximum Gasteiger partial charge on any atom is 0.391 e. The predicted molar refractivity (Wildman–Crippen MR) is 97.9 cm³/mol. The van der Waals surface area contributed by atoms with Crippen molar-refractivity contribution in [3.63, 3.8) is 0 Å². The number of carbonyl (C=O) groups excluding carboxylic acids is 1. The van der Waals surface area contributed by atoms with Gasteiger partial charge in [-0.15, -0.1) is 0 Å². The topological polar surface area (TPSA) is 127 Å². The summed E-state index contributed by atoms with van der Waals surface area (Å²) >= 11 is 0.964. The molecule has 0 aromatic carbocycles. The number of nitrogens with one attached hydrogen (secondary N) is 1. The fourth-order valence-electron chi connectivity index (χ4n) is 1.75. The van der Waals surface area contributed by atoms with Crippen molar-refractivity contribution in [2.75, 3.05) is 39.2 Å². The van der Waals surface area contributed by atoms with Crippen LogP contribution in [0, 0.1) is 0 Å². The summed E-state index contributed by atoms with van der Waals surface area (Å²) in [6.45, 7) is -4.01. The lowest BCUT2D eigenvalue weighted by molar-refractivity contribution is -0.0884. The third kappa shape index (κ3) is 9.09. The van der Waals surface area contributed by atoms with Crippen LogP contribution in [0.5, 0.6) is 0 Å². The zero-order valence-electron chi connectivity index (χ0n) is 14.6. The molecular weight excluding hydrogens is 383 g/mol. The Morgan fingerprint density at radius 2 is 2.23 bits per heavy atom. The number of carbonyl (C=O) groups is 1. The Labute approximate surface area is 156 Å². The van der Waals surface area contributed by atoms with Crippen LogP contribution in [-0.2, 0) is 18.3 Å². The molecule has 1 amide bonds. The van der Waals surface area contributed by atoms with Crippen molar-refractivity contribution in [3.8, 4) is 0 Å². The molecule has 1 aromatic heterocycles. The smallest absolute Gasteiger partial charge is 0.391 e. The summed E-state index contributed by atoms with van der Waals surface area (Å²) in [5.74, 6) is 0.254. The number of hydrogen-bond acceptors (Lipinski definition) is 9. The molecule has 0 bridgehead atoms. The minimum atomic E-state index is -3.56. The second kappa shape index (κ2) is 13.2. The molecule has 148 valence electrons. The monoisotopic (exact) mass is 408 g/mol. The van der Waals surface area contributed by atoms with Crippen LogP contribution in [0.25, 0.3) is 0 Å². The fraction of sp³-hybridized carbons (Fsp3) is 0.600. The molecular formula is C15H25N2O7PS. The molecule has 11 heteroatoms. The highest BCUT2D eigenvalue weighted by Crippen LogP contribution is 2.61. The second-order valence-electron chi connectivity index (χ2n) is 5.00. The zero-order chi connectivity index (χ0) is 19.3. The summed E-state index contributed by atoms with van der Waals surface area (Å²) in [5.41, 5.74) is 0.492. The quantitative estimate of drug-likeness (QED) is 0.238. The Morgan fingerprint density at radius 3 is 2.85 bits per heavy atom. The molecule has 1 heterocycles. The van der Waals surface area contributed by atoms with E-state index in [9.17, 15) is 9.36 Å². The lowest BCUT2D eigenvalue weighted by Gasteiger charge is -2.21. The van der Waals surface area contributed by atoms with E-state index in [-0.39, 0.29) is 19.1 Å². The van der Waals surface area contributed by atoms with Crippen molar-refractivity contribution >= 4 is 24.1 Å². The molecule has 0 spiro atoms. The molecule has 2 atom stereocenters. The van der Waals surface area contributed by atoms with Gasteiger partial charge in [0.05, 0.1) is 25.4 Å². The van der Waals surface area contributed by atoms with Gasteiger partial charge in [0.2, 0.25) is 0 Å². The Kier molecular flexibility index (Phi) is 11.7. The Morgan fingerprint density at radius 1 is 1.42 bits per heavy atom. The van der Waals surface area contributed by atoms with Crippen LogP contribution in [-0.4, -0.2) is 66.6 Å². The Balaban J connectivity index is 2.31. The molecule has 26 heavy (non-hydrogen) atoms. The number of aromatic nitrogens is 1. The Hall–Kier alpha value is -1.00. The van der Waals surface area contributed by atoms with Gasteiger partial charge in [0.1, 0.15) is 0 Å². The minimum Gasteiger partial charge on any atom is -0.394 e. The number of aliphatic hydroxyl groups is 2. The lowest BCUT2D eigenvalue weighted by Crippen LogP contribution is -2.24. The fourth-order valence-corrected chi connectivity index (χ4v) is 5.23. The molecule has 0 saturated heterocycles. The molecule has 0 aliphatic rings. The molecule has 3 N–H and O–H groups in total. The number of unbranched alkanes of at least 4 members (excludes halogenated alkanes) is 1. The molecule has 0 aliphatic carbocycles. The maximum absolute atomic E-state index is 12.6. The first kappa shape index (κ1) is 23.0. The SMILES string of the molecule is COC(CO)OP(=O)(OCCO)SCCCCNC(=O)c1cccnc1. The average molecular weight is 408 g/mol. The van der Waals surface area contributed by atoms with E-state index in [4.69, 9.17) is 24.0 Å². The van der Waals surface area contributed by atoms with E-state index in [2.05, 4.69) is 10.3 Å². The van der Waals surface area contributed by atoms with Crippen molar-refractivity contribution in [2.45, 2.75) is 19.1 Å². The normalized spacial score (nSPS) is 14.6. The molecule has 2 unspecified atom stereocenters. The molecule has 1 aromatic rings. The minimum absolute atomic E-state index is 0.146. The molecule has 0 radical (unpaired) electrons. The Bertz CT molecular complexity index is 560. The lowest BCUT2D eigenvalue weighted by atomic mass is 10.2. The van der Waals surface area contributed by atoms with E-state index in [0.717, 1.165) is 11.4 Å². The van der Waals surface area contributed by atoms with Gasteiger partial charge in [0.15, 0.2) is 6.29 Å². The number of pyridine rings is 1. The predicted octanol–water partition coefficient (Wildman–Crippen LogP) is 1.42. The summed E-state index contributed by atoms with van der Waals surface area (Å²) < 4.78 is 27.7. The first-order chi connectivity index (χ1) is 12.5. The number of hydrogen-bond donors (Lipinski definition) is 3. The summed E-state index contributed by atoms with van der Waals surface area (Å²) in [6, 6.07) is 3.37. The number of rotatable bonds is 14. The van der Waals surface area contributed by atoms with Crippen LogP contribution >= 0.6 is 18.2 Å². The highest BCUT2D eigenvalue weighted by atomic mass is 32.7. The van der Waals surface area contributed by atoms with Gasteiger partial charge in [-0.05, 0) is 36.4 Å². The largest absolute Gasteiger partial charge is 0.394 e. The highest BCUT2D eigenvalue weighted by Gasteiger charge is 2.29. The van der Waals surface area contributed by atoms with Crippen LogP contribution in [0.4, 0.5) is 0 Å². The van der Waals surface area contributed by atoms with Gasteiger partial charge >= 0.3 is 6.80 Å². The number of aliphatic hydroxyl groups excluding tert-OH is 2. The van der Waals surface area contributed by atoms with Crippen LogP contribution in [0.1, 0.15) is 23.2 Å². The van der Waals surface area contributed by atoms with Crippen molar-refractivity contribution < 1.29 is 33.4 Å². The van der Waals surface area contributed by atoms with Crippen LogP contribution in [0.3, 0.4) is 0 Å². The van der Waals surface area contributed by atoms with Gasteiger partial charge < -0.3 is 20.3 Å². The first-order valence-corrected chi connectivity index (χ1v) is 11.2. The van der Waals surface area contributed by atoms with E-state index in [1.165, 1.54) is 13.3 Å². The van der Waals surface area contributed by atoms with E-state index in [1.807, 2.05) is 0 Å². The number of nitrogens with zero attached hydrogens (tertiary/aromatic N) is 1. The standard InChI is InChI=1S/C15H25N2O7PS/c1-22-14(12-19)24-25(21,23-9-8-18)26-10-3-2-7-17-15(20)13-5-4-6-16-11-13/h4-6,11,14,18-19H,2-3,7-10,12H2,1H3,(H,17,20). The van der Waals surface area contributed by atoms with Crippen molar-refractivity contribution in [1.29, 1.82) is 0 Å². The van der Waals surface area contributed by atoms with Gasteiger partial charge in [-0.2, -0.15) is 0 Å². The van der Waals surface area contributed by atoms with E-state index in [1.54, 1.807) is 18.3 Å². The van der Waals surface area contributed by atoms with Crippen LogP contribution < -0.4 is 5.32 Å². The van der Waals surface area contributed by atoms with Crippen LogP contribution in [0.2, 0.25) is 0 Å². The summed E-state index contributed by atoms with van der Waals surface area (Å²) in [4.78, 5) is 15.7. The van der Waals surface area contributed by atoms with Crippen LogP contribution in [0.15, 0.2) is 24.5 Å². The van der Waals surface area contributed by atoms with Crippen molar-refractivity contribution in [3.05, 3.63) is 30.1 Å². The number of methoxy groups -OCH3 is 1. The van der Waals surface area contributed by atoms with Crippen molar-refractivity contribution in [1.82, 2.24) is 10.3 Å². The summed E-state index contributed by atoms with van der Waals surface area (Å²) in [7, 11) is 1.31. The average Bonchev–Trinajstić information content (AvgIpc) is 2.68. The second-order valence-corrected chi connectivity index (χ2v) is 9.14. The third-order valence-electron chi connectivity index (χ3n) is 3.03. The molecule has 0 saturated carbocycles. The highest BCUT2D eigenvalue weighted by molar-refractivity contribution is 8.55. The van der Waals surface area contributed by atoms with Crippen molar-refractivity contribution in [2.24, 2.45) is 0 Å². The number of ether oxygens (including phenoxy) is 1. The van der Waals surface area contributed by atoms with Gasteiger partial charge in [0.25, 0.3) is 5.91 Å². The molecule has 0 aliphatic heterocycles. The first-order valence-electron chi connectivity index (χ1n) is 8.05. The van der Waals surface area contributed by atoms with Gasteiger partial charge in [0, 0.05) is 31.8 Å². The van der Waals surface area contributed by atoms with E-state index >= 15 is 0 Å². The molecule has 9 nitrogen and oxygen atoms in total. The third-order valence-corrected chi connectivity index (χ3v) is 6.88. The zero-order valence-corrected chi connectivity index (χ0v) is 16.3. The molecule has 0 fully saturated rings. The summed E-state index contributed by atoms with van der Waals surface area (Å²) in [6.07, 6.45) is 3.35. The van der Waals surface area contributed by atoms with E-state index in [0.29, 0.717) is 30.7 Å². The maximum atomic E-state index is 12.6. The van der Waals surface area contributed by atoms with Gasteiger partial charge in [-0.1, -0.05) is 0 Å². The molecule has 1 rings (SSSR count).